The van der Waals surface area contributed by atoms with Gasteiger partial charge >= 0.3 is 0 Å². The fourth-order valence-corrected chi connectivity index (χ4v) is 1.56. The maximum Gasteiger partial charge on any atom is 0.179 e. The van der Waals surface area contributed by atoms with E-state index in [1.807, 2.05) is 19.9 Å². The maximum absolute atomic E-state index is 5.80. The largest absolute Gasteiger partial charge is 0.487 e. The van der Waals surface area contributed by atoms with Crippen LogP contribution in [0.2, 0.25) is 0 Å². The minimum atomic E-state index is 0.152. The Morgan fingerprint density at radius 3 is 2.41 bits per heavy atom. The lowest BCUT2D eigenvalue weighted by molar-refractivity contribution is 0.216. The highest BCUT2D eigenvalue weighted by Gasteiger charge is 2.25. The average Bonchev–Trinajstić information content (AvgIpc) is 3.03. The van der Waals surface area contributed by atoms with Gasteiger partial charge < -0.3 is 9.47 Å². The lowest BCUT2D eigenvalue weighted by atomic mass is 10.1. The zero-order valence-corrected chi connectivity index (χ0v) is 11.1. The minimum Gasteiger partial charge on any atom is -0.487 e. The van der Waals surface area contributed by atoms with Crippen LogP contribution in [-0.2, 0) is 0 Å². The lowest BCUT2D eigenvalue weighted by Crippen LogP contribution is -2.09. The Kier molecular flexibility index (Phi) is 3.55. The molecule has 2 rings (SSSR count). The van der Waals surface area contributed by atoms with Crippen LogP contribution in [0.1, 0.15) is 52.1 Å². The molecule has 0 N–H and O–H groups in total. The first kappa shape index (κ1) is 12.2. The Bertz CT molecular complexity index is 384. The van der Waals surface area contributed by atoms with Crippen molar-refractivity contribution in [3.63, 3.8) is 0 Å². The molecule has 0 bridgehead atoms. The summed E-state index contributed by atoms with van der Waals surface area (Å²) < 4.78 is 11.6. The molecule has 0 unspecified atom stereocenters. The van der Waals surface area contributed by atoms with Crippen molar-refractivity contribution in [1.29, 1.82) is 0 Å². The molecular formula is C14H21NO2. The van der Waals surface area contributed by atoms with Crippen molar-refractivity contribution in [2.24, 2.45) is 0 Å². The zero-order chi connectivity index (χ0) is 12.4. The molecule has 17 heavy (non-hydrogen) atoms. The van der Waals surface area contributed by atoms with Gasteiger partial charge in [0, 0.05) is 11.8 Å². The van der Waals surface area contributed by atoms with Gasteiger partial charge in [-0.05, 0) is 32.6 Å². The molecule has 3 nitrogen and oxygen atoms in total. The van der Waals surface area contributed by atoms with Gasteiger partial charge in [0.15, 0.2) is 11.5 Å². The standard InChI is InChI=1S/C14H21NO2/c1-9(2)12-7-13(16-10(3)4)14(8-15-12)17-11-5-6-11/h7-11H,5-6H2,1-4H3. The molecule has 0 aliphatic heterocycles. The van der Waals surface area contributed by atoms with Gasteiger partial charge in [-0.2, -0.15) is 0 Å². The van der Waals surface area contributed by atoms with Crippen LogP contribution in [0.15, 0.2) is 12.3 Å². The second-order valence-corrected chi connectivity index (χ2v) is 5.19. The third kappa shape index (κ3) is 3.35. The van der Waals surface area contributed by atoms with Crippen LogP contribution in [-0.4, -0.2) is 17.2 Å². The van der Waals surface area contributed by atoms with E-state index in [0.717, 1.165) is 30.0 Å². The summed E-state index contributed by atoms with van der Waals surface area (Å²) in [5.41, 5.74) is 1.05. The molecule has 0 radical (unpaired) electrons. The summed E-state index contributed by atoms with van der Waals surface area (Å²) >= 11 is 0. The first-order valence-electron chi connectivity index (χ1n) is 6.39. The highest BCUT2D eigenvalue weighted by Crippen LogP contribution is 2.35. The number of ether oxygens (including phenoxy) is 2. The first-order chi connectivity index (χ1) is 8.06. The van der Waals surface area contributed by atoms with E-state index in [4.69, 9.17) is 9.47 Å². The van der Waals surface area contributed by atoms with E-state index < -0.39 is 0 Å². The monoisotopic (exact) mass is 235 g/mol. The predicted octanol–water partition coefficient (Wildman–Crippen LogP) is 3.53. The summed E-state index contributed by atoms with van der Waals surface area (Å²) in [5.74, 6) is 2.01. The van der Waals surface area contributed by atoms with Gasteiger partial charge in [0.2, 0.25) is 0 Å². The number of aromatic nitrogens is 1. The van der Waals surface area contributed by atoms with Gasteiger partial charge in [0.1, 0.15) is 0 Å². The molecule has 1 aliphatic rings. The van der Waals surface area contributed by atoms with Gasteiger partial charge in [-0.25, -0.2) is 0 Å². The summed E-state index contributed by atoms with van der Waals surface area (Å²) in [6.07, 6.45) is 4.61. The topological polar surface area (TPSA) is 31.4 Å². The summed E-state index contributed by atoms with van der Waals surface area (Å²) in [5, 5.41) is 0. The van der Waals surface area contributed by atoms with Crippen LogP contribution in [0.25, 0.3) is 0 Å². The number of hydrogen-bond acceptors (Lipinski definition) is 3. The maximum atomic E-state index is 5.80. The van der Waals surface area contributed by atoms with Crippen LogP contribution in [0.4, 0.5) is 0 Å². The average molecular weight is 235 g/mol. The van der Waals surface area contributed by atoms with E-state index in [9.17, 15) is 0 Å². The summed E-state index contributed by atoms with van der Waals surface area (Å²) in [7, 11) is 0. The Morgan fingerprint density at radius 2 is 1.88 bits per heavy atom. The van der Waals surface area contributed by atoms with Crippen molar-refractivity contribution in [2.45, 2.75) is 58.7 Å². The van der Waals surface area contributed by atoms with Crippen LogP contribution >= 0.6 is 0 Å². The van der Waals surface area contributed by atoms with E-state index in [2.05, 4.69) is 18.8 Å². The Balaban J connectivity index is 2.22. The predicted molar refractivity (Wildman–Crippen MR) is 67.7 cm³/mol. The third-order valence-electron chi connectivity index (χ3n) is 2.62. The fraction of sp³-hybridized carbons (Fsp3) is 0.643. The zero-order valence-electron chi connectivity index (χ0n) is 11.1. The van der Waals surface area contributed by atoms with Gasteiger partial charge in [-0.3, -0.25) is 4.98 Å². The molecule has 0 atom stereocenters. The van der Waals surface area contributed by atoms with Crippen molar-refractivity contribution in [2.75, 3.05) is 0 Å². The van der Waals surface area contributed by atoms with Crippen molar-refractivity contribution in [3.8, 4) is 11.5 Å². The Morgan fingerprint density at radius 1 is 1.18 bits per heavy atom. The quantitative estimate of drug-likeness (QED) is 0.782. The van der Waals surface area contributed by atoms with E-state index in [-0.39, 0.29) is 6.10 Å². The summed E-state index contributed by atoms with van der Waals surface area (Å²) in [6, 6.07) is 2.00. The second kappa shape index (κ2) is 4.94. The first-order valence-corrected chi connectivity index (χ1v) is 6.39. The van der Waals surface area contributed by atoms with E-state index in [1.165, 1.54) is 0 Å². The number of nitrogens with zero attached hydrogens (tertiary/aromatic N) is 1. The molecule has 1 aromatic rings. The lowest BCUT2D eigenvalue weighted by Gasteiger charge is -2.16. The molecule has 1 aliphatic carbocycles. The van der Waals surface area contributed by atoms with Crippen molar-refractivity contribution in [3.05, 3.63) is 18.0 Å². The smallest absolute Gasteiger partial charge is 0.179 e. The molecule has 0 aromatic carbocycles. The van der Waals surface area contributed by atoms with Gasteiger partial charge in [0.25, 0.3) is 0 Å². The van der Waals surface area contributed by atoms with E-state index >= 15 is 0 Å². The number of rotatable bonds is 5. The summed E-state index contributed by atoms with van der Waals surface area (Å²) in [4.78, 5) is 4.42. The molecule has 1 saturated carbocycles. The normalized spacial score (nSPS) is 15.4. The summed E-state index contributed by atoms with van der Waals surface area (Å²) in [6.45, 7) is 8.30. The molecule has 0 spiro atoms. The van der Waals surface area contributed by atoms with Gasteiger partial charge in [0.05, 0.1) is 18.4 Å². The SMILES string of the molecule is CC(C)Oc1cc(C(C)C)ncc1OC1CC1. The van der Waals surface area contributed by atoms with Crippen LogP contribution in [0.3, 0.4) is 0 Å². The third-order valence-corrected chi connectivity index (χ3v) is 2.62. The Hall–Kier alpha value is -1.25. The van der Waals surface area contributed by atoms with Crippen LogP contribution < -0.4 is 9.47 Å². The molecule has 1 aromatic heterocycles. The number of pyridine rings is 1. The highest BCUT2D eigenvalue weighted by molar-refractivity contribution is 5.40. The van der Waals surface area contributed by atoms with Crippen molar-refractivity contribution < 1.29 is 9.47 Å². The highest BCUT2D eigenvalue weighted by atomic mass is 16.5. The Labute approximate surface area is 103 Å². The molecule has 1 heterocycles. The van der Waals surface area contributed by atoms with E-state index in [0.29, 0.717) is 12.0 Å². The minimum absolute atomic E-state index is 0.152. The van der Waals surface area contributed by atoms with Gasteiger partial charge in [-0.1, -0.05) is 13.8 Å². The second-order valence-electron chi connectivity index (χ2n) is 5.19. The molecule has 94 valence electrons. The molecular weight excluding hydrogens is 214 g/mol. The van der Waals surface area contributed by atoms with E-state index in [1.54, 1.807) is 6.20 Å². The molecule has 0 saturated heterocycles. The molecule has 3 heteroatoms. The number of hydrogen-bond donors (Lipinski definition) is 0. The van der Waals surface area contributed by atoms with Crippen molar-refractivity contribution in [1.82, 2.24) is 4.98 Å². The van der Waals surface area contributed by atoms with Crippen LogP contribution in [0, 0.1) is 0 Å². The molecule has 1 fully saturated rings. The van der Waals surface area contributed by atoms with Crippen molar-refractivity contribution >= 4 is 0 Å². The fourth-order valence-electron chi connectivity index (χ4n) is 1.56. The molecule has 0 amide bonds. The van der Waals surface area contributed by atoms with Crippen LogP contribution in [0.5, 0.6) is 11.5 Å². The van der Waals surface area contributed by atoms with Gasteiger partial charge in [-0.15, -0.1) is 0 Å².